The Labute approximate surface area is 150 Å². The molecule has 0 fully saturated rings. The van der Waals surface area contributed by atoms with Crippen molar-refractivity contribution < 1.29 is 9.32 Å². The molecule has 7 nitrogen and oxygen atoms in total. The van der Waals surface area contributed by atoms with Gasteiger partial charge in [0.25, 0.3) is 0 Å². The number of carbonyl (C=O) groups is 1. The molecular formula is C17H21N5O2S. The minimum Gasteiger partial charge on any atom is -0.356 e. The first-order chi connectivity index (χ1) is 12.2. The molecule has 0 aromatic carbocycles. The molecule has 132 valence electrons. The highest BCUT2D eigenvalue weighted by Gasteiger charge is 2.11. The fourth-order valence-corrected chi connectivity index (χ4v) is 3.08. The number of aromatic nitrogens is 4. The number of rotatable bonds is 9. The average molecular weight is 359 g/mol. The van der Waals surface area contributed by atoms with Crippen LogP contribution in [-0.4, -0.2) is 32.4 Å². The van der Waals surface area contributed by atoms with Gasteiger partial charge in [0.05, 0.1) is 4.88 Å². The maximum absolute atomic E-state index is 11.9. The van der Waals surface area contributed by atoms with Crippen LogP contribution in [0.4, 0.5) is 0 Å². The summed E-state index contributed by atoms with van der Waals surface area (Å²) in [6, 6.07) is 5.80. The maximum atomic E-state index is 11.9. The van der Waals surface area contributed by atoms with Crippen LogP contribution >= 0.6 is 11.3 Å². The lowest BCUT2D eigenvalue weighted by Gasteiger charge is -2.12. The maximum Gasteiger partial charge on any atom is 0.226 e. The third-order valence-corrected chi connectivity index (χ3v) is 4.58. The molecule has 8 heteroatoms. The van der Waals surface area contributed by atoms with Crippen LogP contribution in [0.25, 0.3) is 10.7 Å². The highest BCUT2D eigenvalue weighted by molar-refractivity contribution is 7.13. The van der Waals surface area contributed by atoms with Gasteiger partial charge in [-0.05, 0) is 29.9 Å². The summed E-state index contributed by atoms with van der Waals surface area (Å²) < 4.78 is 7.10. The first-order valence-electron chi connectivity index (χ1n) is 8.31. The number of hydrogen-bond donors (Lipinski definition) is 1. The highest BCUT2D eigenvalue weighted by atomic mass is 32.1. The van der Waals surface area contributed by atoms with Crippen LogP contribution in [0.3, 0.4) is 0 Å². The van der Waals surface area contributed by atoms with Crippen molar-refractivity contribution in [3.63, 3.8) is 0 Å². The van der Waals surface area contributed by atoms with E-state index in [0.29, 0.717) is 43.4 Å². The summed E-state index contributed by atoms with van der Waals surface area (Å²) in [5.74, 6) is 1.56. The Hall–Kier alpha value is -2.48. The molecule has 1 atom stereocenters. The van der Waals surface area contributed by atoms with Gasteiger partial charge in [0.15, 0.2) is 0 Å². The summed E-state index contributed by atoms with van der Waals surface area (Å²) in [5, 5.41) is 13.1. The summed E-state index contributed by atoms with van der Waals surface area (Å²) >= 11 is 1.57. The molecule has 0 aliphatic rings. The summed E-state index contributed by atoms with van der Waals surface area (Å²) in [7, 11) is 0. The molecule has 0 aliphatic carbocycles. The summed E-state index contributed by atoms with van der Waals surface area (Å²) in [5.41, 5.74) is 0. The molecule has 3 aromatic rings. The van der Waals surface area contributed by atoms with E-state index >= 15 is 0 Å². The Balaban J connectivity index is 1.34. The first kappa shape index (κ1) is 17.3. The average Bonchev–Trinajstić information content (AvgIpc) is 3.34. The largest absolute Gasteiger partial charge is 0.356 e. The monoisotopic (exact) mass is 359 g/mol. The van der Waals surface area contributed by atoms with Crippen molar-refractivity contribution >= 4 is 17.2 Å². The molecule has 25 heavy (non-hydrogen) atoms. The summed E-state index contributed by atoms with van der Waals surface area (Å²) in [4.78, 5) is 17.3. The van der Waals surface area contributed by atoms with Gasteiger partial charge >= 0.3 is 0 Å². The number of amides is 1. The first-order valence-corrected chi connectivity index (χ1v) is 9.19. The minimum atomic E-state index is 0.0466. The Morgan fingerprint density at radius 1 is 1.44 bits per heavy atom. The van der Waals surface area contributed by atoms with Crippen LogP contribution in [0.15, 0.2) is 40.5 Å². The zero-order valence-electron chi connectivity index (χ0n) is 14.1. The quantitative estimate of drug-likeness (QED) is 0.635. The second kappa shape index (κ2) is 8.57. The highest BCUT2D eigenvalue weighted by Crippen LogP contribution is 2.21. The van der Waals surface area contributed by atoms with Gasteiger partial charge in [-0.15, -0.1) is 11.3 Å². The molecule has 0 spiro atoms. The number of aryl methyl sites for hydroxylation is 1. The molecule has 1 amide bonds. The van der Waals surface area contributed by atoms with Gasteiger partial charge in [-0.2, -0.15) is 10.1 Å². The van der Waals surface area contributed by atoms with Crippen LogP contribution in [0.1, 0.15) is 25.7 Å². The van der Waals surface area contributed by atoms with Crippen molar-refractivity contribution in [1.29, 1.82) is 0 Å². The van der Waals surface area contributed by atoms with Gasteiger partial charge in [-0.3, -0.25) is 9.48 Å². The van der Waals surface area contributed by atoms with Crippen LogP contribution in [-0.2, 0) is 17.8 Å². The van der Waals surface area contributed by atoms with E-state index in [0.717, 1.165) is 11.4 Å². The molecule has 0 bridgehead atoms. The van der Waals surface area contributed by atoms with Gasteiger partial charge in [0.2, 0.25) is 17.6 Å². The van der Waals surface area contributed by atoms with E-state index < -0.39 is 0 Å². The fraction of sp³-hybridized carbons (Fsp3) is 0.412. The minimum absolute atomic E-state index is 0.0466. The predicted octanol–water partition coefficient (Wildman–Crippen LogP) is 2.77. The van der Waals surface area contributed by atoms with Gasteiger partial charge in [-0.1, -0.05) is 18.1 Å². The van der Waals surface area contributed by atoms with Gasteiger partial charge in [0, 0.05) is 38.3 Å². The van der Waals surface area contributed by atoms with E-state index in [2.05, 4.69) is 27.5 Å². The van der Waals surface area contributed by atoms with Gasteiger partial charge in [0.1, 0.15) is 0 Å². The summed E-state index contributed by atoms with van der Waals surface area (Å²) in [6.45, 7) is 3.52. The number of thiophene rings is 1. The number of carbonyl (C=O) groups excluding carboxylic acids is 1. The van der Waals surface area contributed by atoms with E-state index in [-0.39, 0.29) is 5.91 Å². The summed E-state index contributed by atoms with van der Waals surface area (Å²) in [6.07, 6.45) is 5.42. The van der Waals surface area contributed by atoms with Crippen molar-refractivity contribution in [2.75, 3.05) is 6.54 Å². The zero-order valence-corrected chi connectivity index (χ0v) is 14.9. The van der Waals surface area contributed by atoms with E-state index in [4.69, 9.17) is 4.52 Å². The molecule has 0 saturated heterocycles. The van der Waals surface area contributed by atoms with Crippen LogP contribution in [0, 0.1) is 5.92 Å². The van der Waals surface area contributed by atoms with Gasteiger partial charge in [-0.25, -0.2) is 0 Å². The second-order valence-electron chi connectivity index (χ2n) is 5.98. The standard InChI is InChI=1S/C17H21N5O2S/c1-13(12-22-9-4-8-19-22)11-18-15(23)6-2-7-16-20-17(21-24-16)14-5-3-10-25-14/h3-5,8-10,13H,2,6-7,11-12H2,1H3,(H,18,23). The molecule has 3 heterocycles. The predicted molar refractivity (Wildman–Crippen MR) is 94.9 cm³/mol. The van der Waals surface area contributed by atoms with Crippen LogP contribution in [0.5, 0.6) is 0 Å². The van der Waals surface area contributed by atoms with Crippen LogP contribution in [0.2, 0.25) is 0 Å². The number of nitrogens with zero attached hydrogens (tertiary/aromatic N) is 4. The zero-order chi connectivity index (χ0) is 17.5. The molecule has 1 N–H and O–H groups in total. The Morgan fingerprint density at radius 3 is 3.12 bits per heavy atom. The van der Waals surface area contributed by atoms with Crippen LogP contribution < -0.4 is 5.32 Å². The Kier molecular flexibility index (Phi) is 5.95. The van der Waals surface area contributed by atoms with Crippen molar-refractivity contribution in [3.8, 4) is 10.7 Å². The topological polar surface area (TPSA) is 85.8 Å². The molecule has 0 radical (unpaired) electrons. The molecule has 0 aliphatic heterocycles. The Bertz CT molecular complexity index is 767. The molecule has 0 saturated carbocycles. The second-order valence-corrected chi connectivity index (χ2v) is 6.93. The van der Waals surface area contributed by atoms with Gasteiger partial charge < -0.3 is 9.84 Å². The lowest BCUT2D eigenvalue weighted by molar-refractivity contribution is -0.121. The lowest BCUT2D eigenvalue weighted by atomic mass is 10.1. The lowest BCUT2D eigenvalue weighted by Crippen LogP contribution is -2.29. The number of nitrogens with one attached hydrogen (secondary N) is 1. The third kappa shape index (κ3) is 5.25. The van der Waals surface area contributed by atoms with E-state index in [1.165, 1.54) is 0 Å². The van der Waals surface area contributed by atoms with E-state index in [9.17, 15) is 4.79 Å². The molecular weight excluding hydrogens is 338 g/mol. The molecule has 3 aromatic heterocycles. The van der Waals surface area contributed by atoms with Crippen molar-refractivity contribution in [3.05, 3.63) is 41.9 Å². The Morgan fingerprint density at radius 2 is 2.36 bits per heavy atom. The van der Waals surface area contributed by atoms with Crippen molar-refractivity contribution in [1.82, 2.24) is 25.2 Å². The normalized spacial score (nSPS) is 12.2. The number of hydrogen-bond acceptors (Lipinski definition) is 6. The SMILES string of the molecule is CC(CNC(=O)CCCc1nc(-c2cccs2)no1)Cn1cccn1. The molecule has 3 rings (SSSR count). The van der Waals surface area contributed by atoms with Crippen molar-refractivity contribution in [2.45, 2.75) is 32.7 Å². The fourth-order valence-electron chi connectivity index (χ4n) is 2.43. The smallest absolute Gasteiger partial charge is 0.226 e. The third-order valence-electron chi connectivity index (χ3n) is 3.71. The van der Waals surface area contributed by atoms with E-state index in [1.54, 1.807) is 17.5 Å². The molecule has 1 unspecified atom stereocenters. The van der Waals surface area contributed by atoms with E-state index in [1.807, 2.05) is 34.5 Å². The van der Waals surface area contributed by atoms with Crippen molar-refractivity contribution in [2.24, 2.45) is 5.92 Å².